The Morgan fingerprint density at radius 2 is 0.933 bits per heavy atom. The second-order valence-electron chi connectivity index (χ2n) is 15.0. The Bertz CT molecular complexity index is 3550. The standard InChI is InChI=1S/C54H32N4OS/c1-3-14-33(15-4-1)52-56-53(34-16-5-2-6-17-34)58-54(57-52)39-21-12-20-38(31-39)49-48-44-23-8-10-27-47(44)60-51(48)43-29-28-36(32-45(43)55-49)35-18-11-19-37(30-35)40-24-13-25-42-41-22-7-9-26-46(41)59-50(40)42/h1-32H. The normalized spacial score (nSPS) is 11.7. The van der Waals surface area contributed by atoms with Gasteiger partial charge in [-0.15, -0.1) is 11.3 Å². The van der Waals surface area contributed by atoms with Crippen LogP contribution in [0.2, 0.25) is 0 Å². The van der Waals surface area contributed by atoms with Gasteiger partial charge in [-0.05, 0) is 47.0 Å². The Labute approximate surface area is 348 Å². The molecule has 0 aliphatic rings. The van der Waals surface area contributed by atoms with Crippen LogP contribution >= 0.6 is 11.3 Å². The molecule has 0 unspecified atom stereocenters. The number of nitrogens with zero attached hydrogens (tertiary/aromatic N) is 4. The summed E-state index contributed by atoms with van der Waals surface area (Å²) < 4.78 is 8.88. The predicted octanol–water partition coefficient (Wildman–Crippen LogP) is 14.7. The lowest BCUT2D eigenvalue weighted by molar-refractivity contribution is 0.670. The molecule has 0 fully saturated rings. The maximum atomic E-state index is 6.43. The highest BCUT2D eigenvalue weighted by Crippen LogP contribution is 2.44. The van der Waals surface area contributed by atoms with Crippen molar-refractivity contribution in [2.24, 2.45) is 0 Å². The minimum absolute atomic E-state index is 0.609. The SMILES string of the molecule is c1ccc(-c2nc(-c3ccccc3)nc(-c3cccc(-c4nc5cc(-c6cccc(-c7cccc8c7oc7ccccc78)c6)ccc5c5sc6ccccc6c45)c3)n2)cc1. The number of para-hydroxylation sites is 2. The van der Waals surface area contributed by atoms with E-state index in [0.717, 1.165) is 88.4 Å². The number of aromatic nitrogens is 4. The van der Waals surface area contributed by atoms with E-state index in [1.807, 2.05) is 84.1 Å². The number of furan rings is 1. The number of thiophene rings is 1. The Morgan fingerprint density at radius 1 is 0.367 bits per heavy atom. The van der Waals surface area contributed by atoms with Crippen molar-refractivity contribution in [3.63, 3.8) is 0 Å². The zero-order valence-corrected chi connectivity index (χ0v) is 32.9. The molecule has 0 aliphatic heterocycles. The molecule has 12 aromatic rings. The molecular formula is C54H32N4OS. The van der Waals surface area contributed by atoms with Gasteiger partial charge in [0.1, 0.15) is 11.2 Å². The molecule has 4 aromatic heterocycles. The van der Waals surface area contributed by atoms with Crippen molar-refractivity contribution in [2.45, 2.75) is 0 Å². The van der Waals surface area contributed by atoms with E-state index in [1.54, 1.807) is 0 Å². The second-order valence-corrected chi connectivity index (χ2v) is 16.0. The van der Waals surface area contributed by atoms with Crippen LogP contribution in [0.1, 0.15) is 0 Å². The summed E-state index contributed by atoms with van der Waals surface area (Å²) in [5.41, 5.74) is 11.8. The third-order valence-corrected chi connectivity index (χ3v) is 12.5. The van der Waals surface area contributed by atoms with E-state index in [1.165, 1.54) is 14.8 Å². The molecule has 0 bridgehead atoms. The van der Waals surface area contributed by atoms with Crippen LogP contribution in [0.15, 0.2) is 199 Å². The van der Waals surface area contributed by atoms with E-state index >= 15 is 0 Å². The number of benzene rings is 8. The van der Waals surface area contributed by atoms with Gasteiger partial charge in [0.15, 0.2) is 17.5 Å². The van der Waals surface area contributed by atoms with Gasteiger partial charge in [-0.1, -0.05) is 164 Å². The molecule has 0 saturated carbocycles. The van der Waals surface area contributed by atoms with Crippen LogP contribution < -0.4 is 0 Å². The largest absolute Gasteiger partial charge is 0.455 e. The first kappa shape index (κ1) is 34.3. The number of hydrogen-bond donors (Lipinski definition) is 0. The molecule has 8 aromatic carbocycles. The van der Waals surface area contributed by atoms with Gasteiger partial charge >= 0.3 is 0 Å². The number of pyridine rings is 1. The molecule has 4 heterocycles. The number of rotatable bonds is 6. The van der Waals surface area contributed by atoms with E-state index in [9.17, 15) is 0 Å². The predicted molar refractivity (Wildman–Crippen MR) is 248 cm³/mol. The van der Waals surface area contributed by atoms with Crippen LogP contribution in [-0.2, 0) is 0 Å². The Balaban J connectivity index is 1.01. The molecule has 0 saturated heterocycles. The summed E-state index contributed by atoms with van der Waals surface area (Å²) in [7, 11) is 0. The number of fused-ring (bicyclic) bond motifs is 8. The monoisotopic (exact) mass is 784 g/mol. The lowest BCUT2D eigenvalue weighted by Gasteiger charge is -2.12. The highest BCUT2D eigenvalue weighted by atomic mass is 32.1. The summed E-state index contributed by atoms with van der Waals surface area (Å²) in [6.07, 6.45) is 0. The van der Waals surface area contributed by atoms with Crippen molar-refractivity contribution < 1.29 is 4.42 Å². The zero-order valence-electron chi connectivity index (χ0n) is 32.1. The summed E-state index contributed by atoms with van der Waals surface area (Å²) in [6, 6.07) is 67.3. The minimum atomic E-state index is 0.609. The fourth-order valence-electron chi connectivity index (χ4n) is 8.44. The van der Waals surface area contributed by atoms with Gasteiger partial charge < -0.3 is 4.42 Å². The Kier molecular flexibility index (Phi) is 7.96. The molecule has 0 N–H and O–H groups in total. The topological polar surface area (TPSA) is 64.7 Å². The maximum absolute atomic E-state index is 6.43. The van der Waals surface area contributed by atoms with Crippen LogP contribution in [0, 0.1) is 0 Å². The van der Waals surface area contributed by atoms with Crippen LogP contribution in [0.25, 0.3) is 121 Å². The molecule has 6 heteroatoms. The van der Waals surface area contributed by atoms with Crippen molar-refractivity contribution in [1.82, 2.24) is 19.9 Å². The van der Waals surface area contributed by atoms with Crippen molar-refractivity contribution in [3.8, 4) is 67.7 Å². The zero-order chi connectivity index (χ0) is 39.6. The van der Waals surface area contributed by atoms with Crippen molar-refractivity contribution in [2.75, 3.05) is 0 Å². The summed E-state index contributed by atoms with van der Waals surface area (Å²) in [5, 5.41) is 5.73. The highest BCUT2D eigenvalue weighted by molar-refractivity contribution is 7.26. The van der Waals surface area contributed by atoms with Crippen LogP contribution in [0.4, 0.5) is 0 Å². The third kappa shape index (κ3) is 5.76. The van der Waals surface area contributed by atoms with E-state index < -0.39 is 0 Å². The van der Waals surface area contributed by atoms with Crippen molar-refractivity contribution in [3.05, 3.63) is 194 Å². The summed E-state index contributed by atoms with van der Waals surface area (Å²) >= 11 is 1.82. The fourth-order valence-corrected chi connectivity index (χ4v) is 9.67. The van der Waals surface area contributed by atoms with E-state index in [4.69, 9.17) is 24.4 Å². The van der Waals surface area contributed by atoms with E-state index in [-0.39, 0.29) is 0 Å². The molecular weight excluding hydrogens is 753 g/mol. The summed E-state index contributed by atoms with van der Waals surface area (Å²) in [5.74, 6) is 1.87. The van der Waals surface area contributed by atoms with Crippen molar-refractivity contribution in [1.29, 1.82) is 0 Å². The molecule has 0 radical (unpaired) electrons. The average Bonchev–Trinajstić information content (AvgIpc) is 3.91. The lowest BCUT2D eigenvalue weighted by Crippen LogP contribution is -2.00. The van der Waals surface area contributed by atoms with E-state index in [2.05, 4.69) is 121 Å². The van der Waals surface area contributed by atoms with Gasteiger partial charge in [0.25, 0.3) is 0 Å². The minimum Gasteiger partial charge on any atom is -0.455 e. The molecule has 0 aliphatic carbocycles. The summed E-state index contributed by atoms with van der Waals surface area (Å²) in [4.78, 5) is 20.5. The molecule has 60 heavy (non-hydrogen) atoms. The molecule has 280 valence electrons. The quantitative estimate of drug-likeness (QED) is 0.168. The highest BCUT2D eigenvalue weighted by Gasteiger charge is 2.19. The molecule has 5 nitrogen and oxygen atoms in total. The first-order valence-corrected chi connectivity index (χ1v) is 20.8. The summed E-state index contributed by atoms with van der Waals surface area (Å²) in [6.45, 7) is 0. The average molecular weight is 785 g/mol. The van der Waals surface area contributed by atoms with Crippen molar-refractivity contribution >= 4 is 64.4 Å². The Hall–Kier alpha value is -7.80. The van der Waals surface area contributed by atoms with Crippen LogP contribution in [0.3, 0.4) is 0 Å². The van der Waals surface area contributed by atoms with Gasteiger partial charge in [-0.2, -0.15) is 0 Å². The first-order chi connectivity index (χ1) is 29.7. The fraction of sp³-hybridized carbons (Fsp3) is 0. The maximum Gasteiger partial charge on any atom is 0.164 e. The van der Waals surface area contributed by atoms with Crippen LogP contribution in [-0.4, -0.2) is 19.9 Å². The molecule has 0 spiro atoms. The van der Waals surface area contributed by atoms with Gasteiger partial charge in [-0.3, -0.25) is 0 Å². The van der Waals surface area contributed by atoms with Gasteiger partial charge in [0.05, 0.1) is 11.2 Å². The molecule has 0 amide bonds. The van der Waals surface area contributed by atoms with Gasteiger partial charge in [0, 0.05) is 64.1 Å². The molecule has 12 rings (SSSR count). The van der Waals surface area contributed by atoms with Crippen LogP contribution in [0.5, 0.6) is 0 Å². The molecule has 0 atom stereocenters. The lowest BCUT2D eigenvalue weighted by atomic mass is 9.96. The van der Waals surface area contributed by atoms with Gasteiger partial charge in [-0.25, -0.2) is 19.9 Å². The first-order valence-electron chi connectivity index (χ1n) is 20.0. The third-order valence-electron chi connectivity index (χ3n) is 11.3. The van der Waals surface area contributed by atoms with E-state index in [0.29, 0.717) is 17.5 Å². The number of hydrogen-bond acceptors (Lipinski definition) is 6. The second kappa shape index (κ2) is 13.9. The Morgan fingerprint density at radius 3 is 1.72 bits per heavy atom. The van der Waals surface area contributed by atoms with Gasteiger partial charge in [0.2, 0.25) is 0 Å². The smallest absolute Gasteiger partial charge is 0.164 e.